The summed E-state index contributed by atoms with van der Waals surface area (Å²) in [5.74, 6) is 0. The van der Waals surface area contributed by atoms with E-state index in [9.17, 15) is 8.42 Å². The maximum atomic E-state index is 12.3. The molecule has 0 atom stereocenters. The van der Waals surface area contributed by atoms with Crippen LogP contribution in [0.2, 0.25) is 0 Å². The van der Waals surface area contributed by atoms with E-state index in [-0.39, 0.29) is 0 Å². The van der Waals surface area contributed by atoms with E-state index >= 15 is 0 Å². The molecule has 0 aromatic heterocycles. The van der Waals surface area contributed by atoms with Crippen LogP contribution in [0.15, 0.2) is 26.0 Å². The Kier molecular flexibility index (Phi) is 5.19. The summed E-state index contributed by atoms with van der Waals surface area (Å²) in [6.07, 6.45) is 0. The Morgan fingerprint density at radius 2 is 1.53 bits per heavy atom. The van der Waals surface area contributed by atoms with Gasteiger partial charge in [-0.25, -0.2) is 8.42 Å². The Morgan fingerprint density at radius 3 is 1.88 bits per heavy atom. The minimum atomic E-state index is -3.39. The highest BCUT2D eigenvalue weighted by atomic mass is 79.9. The fourth-order valence-corrected chi connectivity index (χ4v) is 4.48. The van der Waals surface area contributed by atoms with Crippen molar-refractivity contribution < 1.29 is 8.42 Å². The predicted octanol–water partition coefficient (Wildman–Crippen LogP) is 3.55. The second-order valence-corrected chi connectivity index (χ2v) is 7.25. The van der Waals surface area contributed by atoms with Crippen LogP contribution in [0.4, 0.5) is 0 Å². The number of hydrogen-bond acceptors (Lipinski definition) is 2. The zero-order valence-corrected chi connectivity index (χ0v) is 14.0. The van der Waals surface area contributed by atoms with Crippen molar-refractivity contribution in [2.24, 2.45) is 0 Å². The van der Waals surface area contributed by atoms with Crippen molar-refractivity contribution in [2.45, 2.75) is 25.7 Å². The van der Waals surface area contributed by atoms with Gasteiger partial charge in [-0.1, -0.05) is 45.7 Å². The first kappa shape index (κ1) is 15.1. The third-order valence-corrected chi connectivity index (χ3v) is 6.27. The number of nitrogens with zero attached hydrogens (tertiary/aromatic N) is 1. The lowest BCUT2D eigenvalue weighted by molar-refractivity contribution is 0.445. The summed E-state index contributed by atoms with van der Waals surface area (Å²) in [6.45, 7) is 6.53. The second kappa shape index (κ2) is 5.82. The molecule has 0 amide bonds. The first-order valence-corrected chi connectivity index (χ1v) is 8.33. The summed E-state index contributed by atoms with van der Waals surface area (Å²) >= 11 is 6.74. The lowest BCUT2D eigenvalue weighted by Crippen LogP contribution is -2.30. The highest BCUT2D eigenvalue weighted by Gasteiger charge is 2.22. The standard InChI is InChI=1S/C11H15Br2NO2S/c1-4-14(5-2)17(15,16)9-6-10(12)8(3)11(13)7-9/h6-7H,4-5H2,1-3H3. The molecule has 3 nitrogen and oxygen atoms in total. The number of hydrogen-bond donors (Lipinski definition) is 0. The quantitative estimate of drug-likeness (QED) is 0.795. The van der Waals surface area contributed by atoms with Gasteiger partial charge in [-0.15, -0.1) is 0 Å². The van der Waals surface area contributed by atoms with Gasteiger partial charge >= 0.3 is 0 Å². The molecule has 96 valence electrons. The maximum Gasteiger partial charge on any atom is 0.243 e. The minimum Gasteiger partial charge on any atom is -0.207 e. The smallest absolute Gasteiger partial charge is 0.207 e. The van der Waals surface area contributed by atoms with Crippen LogP contribution in [0.3, 0.4) is 0 Å². The summed E-state index contributed by atoms with van der Waals surface area (Å²) in [7, 11) is -3.39. The van der Waals surface area contributed by atoms with Crippen molar-refractivity contribution in [3.8, 4) is 0 Å². The minimum absolute atomic E-state index is 0.311. The van der Waals surface area contributed by atoms with Gasteiger partial charge in [-0.05, 0) is 24.6 Å². The average Bonchev–Trinajstić information content (AvgIpc) is 2.26. The second-order valence-electron chi connectivity index (χ2n) is 3.60. The van der Waals surface area contributed by atoms with Crippen LogP contribution >= 0.6 is 31.9 Å². The fraction of sp³-hybridized carbons (Fsp3) is 0.455. The summed E-state index contributed by atoms with van der Waals surface area (Å²) in [4.78, 5) is 0.311. The molecule has 0 aliphatic rings. The van der Waals surface area contributed by atoms with E-state index in [1.54, 1.807) is 12.1 Å². The number of rotatable bonds is 4. The molecule has 0 aliphatic heterocycles. The van der Waals surface area contributed by atoms with Crippen molar-refractivity contribution in [2.75, 3.05) is 13.1 Å². The van der Waals surface area contributed by atoms with Crippen LogP contribution in [0, 0.1) is 6.92 Å². The molecule has 6 heteroatoms. The van der Waals surface area contributed by atoms with Crippen LogP contribution in [-0.4, -0.2) is 25.8 Å². The molecule has 0 unspecified atom stereocenters. The van der Waals surface area contributed by atoms with E-state index in [1.165, 1.54) is 4.31 Å². The van der Waals surface area contributed by atoms with E-state index in [4.69, 9.17) is 0 Å². The zero-order valence-electron chi connectivity index (χ0n) is 10.00. The Balaban J connectivity index is 3.34. The summed E-state index contributed by atoms with van der Waals surface area (Å²) in [6, 6.07) is 3.29. The third-order valence-electron chi connectivity index (χ3n) is 2.60. The Labute approximate surface area is 120 Å². The molecule has 1 aromatic rings. The molecule has 0 radical (unpaired) electrons. The van der Waals surface area contributed by atoms with E-state index < -0.39 is 10.0 Å². The van der Waals surface area contributed by atoms with Gasteiger partial charge in [0.1, 0.15) is 0 Å². The zero-order chi connectivity index (χ0) is 13.2. The summed E-state index contributed by atoms with van der Waals surface area (Å²) in [5.41, 5.74) is 0.989. The van der Waals surface area contributed by atoms with E-state index in [0.717, 1.165) is 14.5 Å². The van der Waals surface area contributed by atoms with Crippen LogP contribution in [0.25, 0.3) is 0 Å². The van der Waals surface area contributed by atoms with E-state index in [0.29, 0.717) is 18.0 Å². The number of halogens is 2. The molecule has 0 N–H and O–H groups in total. The van der Waals surface area contributed by atoms with Crippen molar-refractivity contribution in [3.63, 3.8) is 0 Å². The largest absolute Gasteiger partial charge is 0.243 e. The molecule has 0 spiro atoms. The molecule has 0 heterocycles. The molecule has 0 bridgehead atoms. The van der Waals surface area contributed by atoms with Crippen LogP contribution in [0.5, 0.6) is 0 Å². The molecule has 0 fully saturated rings. The SMILES string of the molecule is CCN(CC)S(=O)(=O)c1cc(Br)c(C)c(Br)c1. The maximum absolute atomic E-state index is 12.3. The first-order valence-electron chi connectivity index (χ1n) is 5.30. The average molecular weight is 385 g/mol. The molecule has 1 rings (SSSR count). The fourth-order valence-electron chi connectivity index (χ4n) is 1.48. The Bertz CT molecular complexity index is 487. The van der Waals surface area contributed by atoms with Crippen LogP contribution in [0.1, 0.15) is 19.4 Å². The van der Waals surface area contributed by atoms with Crippen LogP contribution in [-0.2, 0) is 10.0 Å². The summed E-state index contributed by atoms with van der Waals surface area (Å²) in [5, 5.41) is 0. The third kappa shape index (κ3) is 3.10. The van der Waals surface area contributed by atoms with Gasteiger partial charge in [0.2, 0.25) is 10.0 Å². The first-order chi connectivity index (χ1) is 7.84. The van der Waals surface area contributed by atoms with Crippen molar-refractivity contribution in [3.05, 3.63) is 26.6 Å². The molecule has 0 saturated heterocycles. The topological polar surface area (TPSA) is 37.4 Å². The lowest BCUT2D eigenvalue weighted by Gasteiger charge is -2.19. The van der Waals surface area contributed by atoms with Gasteiger partial charge in [-0.2, -0.15) is 4.31 Å². The van der Waals surface area contributed by atoms with Gasteiger partial charge in [-0.3, -0.25) is 0 Å². The molecular formula is C11H15Br2NO2S. The van der Waals surface area contributed by atoms with E-state index in [1.807, 2.05) is 20.8 Å². The van der Waals surface area contributed by atoms with Gasteiger partial charge in [0, 0.05) is 22.0 Å². The summed E-state index contributed by atoms with van der Waals surface area (Å²) < 4.78 is 27.6. The van der Waals surface area contributed by atoms with Crippen LogP contribution < -0.4 is 0 Å². The Morgan fingerprint density at radius 1 is 1.12 bits per heavy atom. The highest BCUT2D eigenvalue weighted by Crippen LogP contribution is 2.29. The van der Waals surface area contributed by atoms with Crippen molar-refractivity contribution in [1.29, 1.82) is 0 Å². The van der Waals surface area contributed by atoms with E-state index in [2.05, 4.69) is 31.9 Å². The normalized spacial score (nSPS) is 12.1. The molecular weight excluding hydrogens is 370 g/mol. The lowest BCUT2D eigenvalue weighted by atomic mass is 10.2. The highest BCUT2D eigenvalue weighted by molar-refractivity contribution is 9.11. The molecule has 17 heavy (non-hydrogen) atoms. The van der Waals surface area contributed by atoms with Gasteiger partial charge in [0.25, 0.3) is 0 Å². The van der Waals surface area contributed by atoms with Crippen molar-refractivity contribution in [1.82, 2.24) is 4.31 Å². The number of benzene rings is 1. The predicted molar refractivity (Wildman–Crippen MR) is 76.7 cm³/mol. The molecule has 1 aromatic carbocycles. The molecule has 0 saturated carbocycles. The van der Waals surface area contributed by atoms with Crippen molar-refractivity contribution >= 4 is 41.9 Å². The Hall–Kier alpha value is 0.0900. The van der Waals surface area contributed by atoms with Gasteiger partial charge < -0.3 is 0 Å². The van der Waals surface area contributed by atoms with Gasteiger partial charge in [0.15, 0.2) is 0 Å². The number of sulfonamides is 1. The monoisotopic (exact) mass is 383 g/mol. The van der Waals surface area contributed by atoms with Gasteiger partial charge in [0.05, 0.1) is 4.90 Å². The molecule has 0 aliphatic carbocycles.